The Bertz CT molecular complexity index is 519. The van der Waals surface area contributed by atoms with Crippen molar-refractivity contribution in [1.29, 1.82) is 0 Å². The van der Waals surface area contributed by atoms with E-state index < -0.39 is 0 Å². The molecule has 1 amide bonds. The minimum Gasteiger partial charge on any atom is -0.351 e. The van der Waals surface area contributed by atoms with Gasteiger partial charge in [0.05, 0.1) is 5.69 Å². The molecule has 0 spiro atoms. The monoisotopic (exact) mass is 272 g/mol. The Kier molecular flexibility index (Phi) is 5.32. The van der Waals surface area contributed by atoms with Gasteiger partial charge in [0, 0.05) is 31.0 Å². The highest BCUT2D eigenvalue weighted by molar-refractivity contribution is 5.94. The fourth-order valence-electron chi connectivity index (χ4n) is 1.86. The highest BCUT2D eigenvalue weighted by Crippen LogP contribution is 2.08. The van der Waals surface area contributed by atoms with Crippen molar-refractivity contribution in [2.75, 3.05) is 19.6 Å². The summed E-state index contributed by atoms with van der Waals surface area (Å²) in [4.78, 5) is 11.9. The van der Waals surface area contributed by atoms with E-state index in [0.29, 0.717) is 12.1 Å². The Morgan fingerprint density at radius 1 is 1.20 bits per heavy atom. The van der Waals surface area contributed by atoms with Crippen LogP contribution in [0.5, 0.6) is 0 Å². The molecule has 0 fully saturated rings. The van der Waals surface area contributed by atoms with Crippen LogP contribution in [0, 0.1) is 0 Å². The predicted octanol–water partition coefficient (Wildman–Crippen LogP) is 1.60. The number of nitrogens with one attached hydrogen (secondary N) is 2. The molecule has 0 radical (unpaired) electrons. The molecule has 0 aliphatic heterocycles. The fraction of sp³-hybridized carbons (Fsp3) is 0.333. The minimum atomic E-state index is -0.0460. The average molecular weight is 272 g/mol. The van der Waals surface area contributed by atoms with Gasteiger partial charge in [0.2, 0.25) is 0 Å². The van der Waals surface area contributed by atoms with Crippen LogP contribution in [0.2, 0.25) is 0 Å². The van der Waals surface area contributed by atoms with Crippen molar-refractivity contribution in [3.8, 4) is 5.69 Å². The first kappa shape index (κ1) is 14.3. The average Bonchev–Trinajstić information content (AvgIpc) is 3.01. The lowest BCUT2D eigenvalue weighted by Gasteiger charge is -2.07. The van der Waals surface area contributed by atoms with Crippen molar-refractivity contribution < 1.29 is 4.79 Å². The van der Waals surface area contributed by atoms with Crippen LogP contribution in [-0.4, -0.2) is 35.3 Å². The molecule has 1 heterocycles. The number of nitrogens with zero attached hydrogens (tertiary/aromatic N) is 2. The molecule has 1 aromatic heterocycles. The summed E-state index contributed by atoms with van der Waals surface area (Å²) in [5.41, 5.74) is 1.60. The highest BCUT2D eigenvalue weighted by atomic mass is 16.1. The summed E-state index contributed by atoms with van der Waals surface area (Å²) < 4.78 is 1.76. The molecule has 20 heavy (non-hydrogen) atoms. The van der Waals surface area contributed by atoms with E-state index in [-0.39, 0.29) is 5.91 Å². The van der Waals surface area contributed by atoms with E-state index >= 15 is 0 Å². The number of aromatic nitrogens is 2. The second-order valence-electron chi connectivity index (χ2n) is 4.50. The van der Waals surface area contributed by atoms with Crippen LogP contribution in [0.3, 0.4) is 0 Å². The number of amides is 1. The first-order chi connectivity index (χ1) is 9.81. The SMILES string of the molecule is CCCNCCNC(=O)c1ccc(-n2cccn2)cc1. The fourth-order valence-corrected chi connectivity index (χ4v) is 1.86. The maximum absolute atomic E-state index is 11.9. The van der Waals surface area contributed by atoms with Crippen molar-refractivity contribution in [2.45, 2.75) is 13.3 Å². The third kappa shape index (κ3) is 3.93. The van der Waals surface area contributed by atoms with Gasteiger partial charge in [0.15, 0.2) is 0 Å². The van der Waals surface area contributed by atoms with Gasteiger partial charge in [-0.15, -0.1) is 0 Å². The zero-order chi connectivity index (χ0) is 14.2. The van der Waals surface area contributed by atoms with Gasteiger partial charge in [0.1, 0.15) is 0 Å². The van der Waals surface area contributed by atoms with Crippen LogP contribution < -0.4 is 10.6 Å². The number of benzene rings is 1. The van der Waals surface area contributed by atoms with Gasteiger partial charge in [-0.1, -0.05) is 6.92 Å². The maximum atomic E-state index is 11.9. The standard InChI is InChI=1S/C15H20N4O/c1-2-8-16-10-11-17-15(20)13-4-6-14(7-5-13)19-12-3-9-18-19/h3-7,9,12,16H,2,8,10-11H2,1H3,(H,17,20). The molecule has 1 aromatic carbocycles. The van der Waals surface area contributed by atoms with E-state index in [1.807, 2.05) is 36.5 Å². The van der Waals surface area contributed by atoms with Gasteiger partial charge in [-0.2, -0.15) is 5.10 Å². The lowest BCUT2D eigenvalue weighted by atomic mass is 10.2. The largest absolute Gasteiger partial charge is 0.351 e. The topological polar surface area (TPSA) is 58.9 Å². The number of carbonyl (C=O) groups is 1. The molecule has 5 nitrogen and oxygen atoms in total. The quantitative estimate of drug-likeness (QED) is 0.753. The van der Waals surface area contributed by atoms with Gasteiger partial charge >= 0.3 is 0 Å². The molecular formula is C15H20N4O. The smallest absolute Gasteiger partial charge is 0.251 e. The second-order valence-corrected chi connectivity index (χ2v) is 4.50. The molecule has 2 N–H and O–H groups in total. The van der Waals surface area contributed by atoms with Gasteiger partial charge in [-0.25, -0.2) is 4.68 Å². The molecule has 0 aliphatic rings. The van der Waals surface area contributed by atoms with Gasteiger partial charge in [0.25, 0.3) is 5.91 Å². The van der Waals surface area contributed by atoms with Crippen molar-refractivity contribution in [3.63, 3.8) is 0 Å². The van der Waals surface area contributed by atoms with E-state index in [0.717, 1.165) is 25.2 Å². The summed E-state index contributed by atoms with van der Waals surface area (Å²) in [6.45, 7) is 4.53. The Hall–Kier alpha value is -2.14. The minimum absolute atomic E-state index is 0.0460. The van der Waals surface area contributed by atoms with Gasteiger partial charge < -0.3 is 10.6 Å². The zero-order valence-electron chi connectivity index (χ0n) is 11.7. The maximum Gasteiger partial charge on any atom is 0.251 e. The van der Waals surface area contributed by atoms with Crippen LogP contribution >= 0.6 is 0 Å². The number of hydrogen-bond acceptors (Lipinski definition) is 3. The summed E-state index contributed by atoms with van der Waals surface area (Å²) in [5, 5.41) is 10.3. The molecule has 0 atom stereocenters. The number of hydrogen-bond donors (Lipinski definition) is 2. The molecule has 0 saturated heterocycles. The third-order valence-corrected chi connectivity index (χ3v) is 2.91. The summed E-state index contributed by atoms with van der Waals surface area (Å²) >= 11 is 0. The first-order valence-electron chi connectivity index (χ1n) is 6.90. The van der Waals surface area contributed by atoms with E-state index in [9.17, 15) is 4.79 Å². The van der Waals surface area contributed by atoms with E-state index in [1.54, 1.807) is 10.9 Å². The molecule has 0 unspecified atom stereocenters. The third-order valence-electron chi connectivity index (χ3n) is 2.91. The van der Waals surface area contributed by atoms with Crippen molar-refractivity contribution in [1.82, 2.24) is 20.4 Å². The van der Waals surface area contributed by atoms with E-state index in [1.165, 1.54) is 0 Å². The molecule has 5 heteroatoms. The molecule has 0 saturated carbocycles. The van der Waals surface area contributed by atoms with Crippen LogP contribution in [-0.2, 0) is 0 Å². The predicted molar refractivity (Wildman–Crippen MR) is 79.1 cm³/mol. The zero-order valence-corrected chi connectivity index (χ0v) is 11.7. The van der Waals surface area contributed by atoms with Gasteiger partial charge in [-0.3, -0.25) is 4.79 Å². The summed E-state index contributed by atoms with van der Waals surface area (Å²) in [6, 6.07) is 9.26. The molecular weight excluding hydrogens is 252 g/mol. The van der Waals surface area contributed by atoms with Crippen LogP contribution in [0.4, 0.5) is 0 Å². The second kappa shape index (κ2) is 7.45. The Balaban J connectivity index is 1.85. The molecule has 106 valence electrons. The summed E-state index contributed by atoms with van der Waals surface area (Å²) in [7, 11) is 0. The van der Waals surface area contributed by atoms with Crippen molar-refractivity contribution >= 4 is 5.91 Å². The van der Waals surface area contributed by atoms with Crippen LogP contribution in [0.25, 0.3) is 5.69 Å². The first-order valence-corrected chi connectivity index (χ1v) is 6.90. The highest BCUT2D eigenvalue weighted by Gasteiger charge is 2.04. The molecule has 2 rings (SSSR count). The Labute approximate surface area is 119 Å². The van der Waals surface area contributed by atoms with Crippen LogP contribution in [0.15, 0.2) is 42.7 Å². The lowest BCUT2D eigenvalue weighted by molar-refractivity contribution is 0.0954. The van der Waals surface area contributed by atoms with Crippen molar-refractivity contribution in [3.05, 3.63) is 48.3 Å². The van der Waals surface area contributed by atoms with E-state index in [4.69, 9.17) is 0 Å². The summed E-state index contributed by atoms with van der Waals surface area (Å²) in [6.07, 6.45) is 4.70. The number of carbonyl (C=O) groups excluding carboxylic acids is 1. The number of rotatable bonds is 7. The normalized spacial score (nSPS) is 10.4. The Morgan fingerprint density at radius 3 is 2.65 bits per heavy atom. The molecule has 2 aromatic rings. The van der Waals surface area contributed by atoms with E-state index in [2.05, 4.69) is 22.7 Å². The molecule has 0 aliphatic carbocycles. The lowest BCUT2D eigenvalue weighted by Crippen LogP contribution is -2.32. The molecule has 0 bridgehead atoms. The van der Waals surface area contributed by atoms with Crippen molar-refractivity contribution in [2.24, 2.45) is 0 Å². The van der Waals surface area contributed by atoms with Gasteiger partial charge in [-0.05, 0) is 43.3 Å². The summed E-state index contributed by atoms with van der Waals surface area (Å²) in [5.74, 6) is -0.0460. The van der Waals surface area contributed by atoms with Crippen LogP contribution in [0.1, 0.15) is 23.7 Å². The Morgan fingerprint density at radius 2 is 2.00 bits per heavy atom.